The van der Waals surface area contributed by atoms with E-state index in [4.69, 9.17) is 9.94 Å². The second-order valence-corrected chi connectivity index (χ2v) is 7.85. The van der Waals surface area contributed by atoms with E-state index in [0.29, 0.717) is 5.56 Å². The topological polar surface area (TPSA) is 125 Å². The van der Waals surface area contributed by atoms with Gasteiger partial charge in [0, 0.05) is 0 Å². The Bertz CT molecular complexity index is 688. The average Bonchev–Trinajstić information content (AvgIpc) is 3.22. The summed E-state index contributed by atoms with van der Waals surface area (Å²) >= 11 is 0. The Hall–Kier alpha value is -2.45. The van der Waals surface area contributed by atoms with Crippen LogP contribution in [0.15, 0.2) is 30.3 Å². The molecule has 1 aromatic carbocycles. The highest BCUT2D eigenvalue weighted by Crippen LogP contribution is 2.25. The molecule has 0 saturated heterocycles. The highest BCUT2D eigenvalue weighted by molar-refractivity contribution is 5.91. The third-order valence-electron chi connectivity index (χ3n) is 5.06. The van der Waals surface area contributed by atoms with Crippen molar-refractivity contribution in [2.75, 3.05) is 0 Å². The van der Waals surface area contributed by atoms with Gasteiger partial charge in [0.1, 0.15) is 12.2 Å². The van der Waals surface area contributed by atoms with Gasteiger partial charge in [0.2, 0.25) is 5.91 Å². The summed E-state index contributed by atoms with van der Waals surface area (Å²) in [6, 6.07) is 7.64. The summed E-state index contributed by atoms with van der Waals surface area (Å²) in [5, 5.41) is 21.6. The molecule has 4 N–H and O–H groups in total. The van der Waals surface area contributed by atoms with Crippen molar-refractivity contribution in [3.05, 3.63) is 35.9 Å². The van der Waals surface area contributed by atoms with Crippen molar-refractivity contribution in [3.8, 4) is 0 Å². The first kappa shape index (κ1) is 22.8. The number of benzene rings is 1. The number of amides is 2. The van der Waals surface area contributed by atoms with E-state index >= 15 is 0 Å². The predicted octanol–water partition coefficient (Wildman–Crippen LogP) is 1.86. The van der Waals surface area contributed by atoms with Gasteiger partial charge in [0.15, 0.2) is 6.04 Å². The molecular weight excluding hydrogens is 376 g/mol. The Morgan fingerprint density at radius 3 is 2.28 bits per heavy atom. The zero-order valence-electron chi connectivity index (χ0n) is 16.8. The third-order valence-corrected chi connectivity index (χ3v) is 5.06. The predicted molar refractivity (Wildman–Crippen MR) is 105 cm³/mol. The lowest BCUT2D eigenvalue weighted by molar-refractivity contribution is -0.154. The summed E-state index contributed by atoms with van der Waals surface area (Å²) in [7, 11) is 0. The second-order valence-electron chi connectivity index (χ2n) is 7.85. The number of carbonyl (C=O) groups is 3. The van der Waals surface area contributed by atoms with Gasteiger partial charge < -0.3 is 15.2 Å². The van der Waals surface area contributed by atoms with Crippen LogP contribution >= 0.6 is 0 Å². The Morgan fingerprint density at radius 1 is 1.10 bits per heavy atom. The summed E-state index contributed by atoms with van der Waals surface area (Å²) in [6.45, 7) is 3.68. The monoisotopic (exact) mass is 406 g/mol. The highest BCUT2D eigenvalue weighted by Gasteiger charge is 2.36. The molecule has 0 bridgehead atoms. The normalized spacial score (nSPS) is 17.4. The van der Waals surface area contributed by atoms with Crippen molar-refractivity contribution < 1.29 is 29.4 Å². The lowest BCUT2D eigenvalue weighted by atomic mass is 9.90. The Labute approximate surface area is 170 Å². The van der Waals surface area contributed by atoms with Crippen LogP contribution in [0, 0.1) is 11.8 Å². The molecule has 29 heavy (non-hydrogen) atoms. The molecule has 1 aromatic rings. The maximum absolute atomic E-state index is 12.9. The number of ether oxygens (including phenoxy) is 1. The molecule has 0 spiro atoms. The summed E-state index contributed by atoms with van der Waals surface area (Å²) in [5.41, 5.74) is 1.92. The van der Waals surface area contributed by atoms with E-state index in [1.165, 1.54) is 5.48 Å². The van der Waals surface area contributed by atoms with Crippen LogP contribution in [0.2, 0.25) is 0 Å². The van der Waals surface area contributed by atoms with Crippen LogP contribution in [0.1, 0.15) is 57.6 Å². The second kappa shape index (κ2) is 10.9. The van der Waals surface area contributed by atoms with Gasteiger partial charge in [-0.2, -0.15) is 0 Å². The number of carbonyl (C=O) groups excluding carboxylic acids is 3. The zero-order chi connectivity index (χ0) is 21.4. The van der Waals surface area contributed by atoms with Crippen LogP contribution in [0.25, 0.3) is 0 Å². The smallest absolute Gasteiger partial charge is 0.333 e. The Kier molecular flexibility index (Phi) is 8.60. The molecule has 8 heteroatoms. The maximum atomic E-state index is 12.9. The molecule has 0 heterocycles. The van der Waals surface area contributed by atoms with Crippen molar-refractivity contribution in [2.45, 2.75) is 64.2 Å². The first-order valence-corrected chi connectivity index (χ1v) is 10.0. The van der Waals surface area contributed by atoms with Crippen LogP contribution in [0.5, 0.6) is 0 Å². The fourth-order valence-corrected chi connectivity index (χ4v) is 3.55. The Morgan fingerprint density at radius 2 is 1.72 bits per heavy atom. The van der Waals surface area contributed by atoms with Crippen LogP contribution in [-0.4, -0.2) is 40.3 Å². The van der Waals surface area contributed by atoms with Gasteiger partial charge in [-0.15, -0.1) is 0 Å². The minimum atomic E-state index is -1.75. The summed E-state index contributed by atoms with van der Waals surface area (Å²) in [6.07, 6.45) is 1.88. The zero-order valence-corrected chi connectivity index (χ0v) is 16.8. The molecule has 1 saturated carbocycles. The first-order valence-electron chi connectivity index (χ1n) is 10.0. The van der Waals surface area contributed by atoms with Gasteiger partial charge in [-0.1, -0.05) is 44.2 Å². The number of esters is 1. The minimum absolute atomic E-state index is 0.00694. The SMILES string of the molecule is CC(C)C[C@@H](C(=O)N[C@H](C(=O)OC1CCCC1)c1ccccc1)C(O)C(=O)NO. The van der Waals surface area contributed by atoms with Gasteiger partial charge >= 0.3 is 5.97 Å². The first-order chi connectivity index (χ1) is 13.8. The molecule has 1 fully saturated rings. The number of aliphatic hydroxyl groups excluding tert-OH is 1. The average molecular weight is 406 g/mol. The fourth-order valence-electron chi connectivity index (χ4n) is 3.55. The van der Waals surface area contributed by atoms with Gasteiger partial charge in [-0.3, -0.25) is 14.8 Å². The van der Waals surface area contributed by atoms with Crippen molar-refractivity contribution in [1.82, 2.24) is 10.8 Å². The van der Waals surface area contributed by atoms with E-state index in [-0.39, 0.29) is 18.4 Å². The number of hydrogen-bond acceptors (Lipinski definition) is 6. The summed E-state index contributed by atoms with van der Waals surface area (Å²) in [5.74, 6) is -3.44. The highest BCUT2D eigenvalue weighted by atomic mass is 16.5. The molecule has 2 amide bonds. The molecule has 3 atom stereocenters. The molecule has 1 unspecified atom stereocenters. The van der Waals surface area contributed by atoms with Crippen LogP contribution in [0.3, 0.4) is 0 Å². The van der Waals surface area contributed by atoms with E-state index in [1.54, 1.807) is 30.3 Å². The fraction of sp³-hybridized carbons (Fsp3) is 0.571. The number of rotatable bonds is 9. The maximum Gasteiger partial charge on any atom is 0.333 e. The van der Waals surface area contributed by atoms with Gasteiger partial charge in [-0.05, 0) is 43.6 Å². The largest absolute Gasteiger partial charge is 0.461 e. The van der Waals surface area contributed by atoms with Crippen molar-refractivity contribution in [3.63, 3.8) is 0 Å². The van der Waals surface area contributed by atoms with Crippen molar-refractivity contribution >= 4 is 17.8 Å². The van der Waals surface area contributed by atoms with E-state index in [9.17, 15) is 19.5 Å². The van der Waals surface area contributed by atoms with E-state index < -0.39 is 35.8 Å². The minimum Gasteiger partial charge on any atom is -0.461 e. The van der Waals surface area contributed by atoms with Crippen molar-refractivity contribution in [1.29, 1.82) is 0 Å². The molecule has 2 rings (SSSR count). The number of aliphatic hydroxyl groups is 1. The van der Waals surface area contributed by atoms with Crippen LogP contribution < -0.4 is 10.8 Å². The molecule has 0 aliphatic heterocycles. The molecule has 0 aromatic heterocycles. The lowest BCUT2D eigenvalue weighted by Gasteiger charge is -2.26. The molecule has 8 nitrogen and oxygen atoms in total. The molecule has 0 radical (unpaired) electrons. The standard InChI is InChI=1S/C21H30N2O6/c1-13(2)12-16(18(24)20(26)23-28)19(25)22-17(14-8-4-3-5-9-14)21(27)29-15-10-6-7-11-15/h3-5,8-9,13,15-18,24,28H,6-7,10-12H2,1-2H3,(H,22,25)(H,23,26)/t16-,17+,18?/m1/s1. The molecule has 1 aliphatic carbocycles. The molecule has 160 valence electrons. The quantitative estimate of drug-likeness (QED) is 0.282. The lowest BCUT2D eigenvalue weighted by Crippen LogP contribution is -2.47. The van der Waals surface area contributed by atoms with E-state index in [0.717, 1.165) is 25.7 Å². The van der Waals surface area contributed by atoms with E-state index in [2.05, 4.69) is 5.32 Å². The van der Waals surface area contributed by atoms with Gasteiger partial charge in [-0.25, -0.2) is 10.3 Å². The van der Waals surface area contributed by atoms with Crippen molar-refractivity contribution in [2.24, 2.45) is 11.8 Å². The van der Waals surface area contributed by atoms with E-state index in [1.807, 2.05) is 13.8 Å². The van der Waals surface area contributed by atoms with Gasteiger partial charge in [0.05, 0.1) is 5.92 Å². The summed E-state index contributed by atoms with van der Waals surface area (Å²) < 4.78 is 5.58. The van der Waals surface area contributed by atoms with Gasteiger partial charge in [0.25, 0.3) is 5.91 Å². The molecular formula is C21H30N2O6. The number of hydrogen-bond donors (Lipinski definition) is 4. The van der Waals surface area contributed by atoms with Crippen LogP contribution in [-0.2, 0) is 19.1 Å². The number of nitrogens with one attached hydrogen (secondary N) is 2. The summed E-state index contributed by atoms with van der Waals surface area (Å²) in [4.78, 5) is 37.4. The van der Waals surface area contributed by atoms with Crippen LogP contribution in [0.4, 0.5) is 0 Å². The Balaban J connectivity index is 2.21. The molecule has 1 aliphatic rings. The number of hydroxylamine groups is 1. The third kappa shape index (κ3) is 6.54.